The third-order valence-corrected chi connectivity index (χ3v) is 5.25. The summed E-state index contributed by atoms with van der Waals surface area (Å²) in [5.74, 6) is 0.385. The first kappa shape index (κ1) is 23.3. The molecule has 32 heavy (non-hydrogen) atoms. The number of methoxy groups -OCH3 is 2. The summed E-state index contributed by atoms with van der Waals surface area (Å²) in [6.07, 6.45) is 0.00994. The van der Waals surface area contributed by atoms with E-state index in [0.29, 0.717) is 22.8 Å². The van der Waals surface area contributed by atoms with Crippen LogP contribution in [-0.4, -0.2) is 50.2 Å². The molecule has 2 aromatic rings. The van der Waals surface area contributed by atoms with Crippen molar-refractivity contribution in [3.8, 4) is 11.5 Å². The van der Waals surface area contributed by atoms with Gasteiger partial charge in [0.1, 0.15) is 17.2 Å². The second kappa shape index (κ2) is 9.87. The van der Waals surface area contributed by atoms with E-state index in [-0.39, 0.29) is 30.9 Å². The molecule has 7 heteroatoms. The first-order valence-corrected chi connectivity index (χ1v) is 10.6. The molecule has 0 aromatic heterocycles. The summed E-state index contributed by atoms with van der Waals surface area (Å²) < 4.78 is 16.3. The lowest BCUT2D eigenvalue weighted by molar-refractivity contribution is -0.137. The van der Waals surface area contributed by atoms with E-state index >= 15 is 0 Å². The Bertz CT molecular complexity index is 1060. The highest BCUT2D eigenvalue weighted by molar-refractivity contribution is 6.36. The van der Waals surface area contributed by atoms with Crippen LogP contribution in [0.5, 0.6) is 11.5 Å². The minimum absolute atomic E-state index is 0.00994. The van der Waals surface area contributed by atoms with E-state index in [1.807, 2.05) is 45.9 Å². The number of hydrogen-bond acceptors (Lipinski definition) is 6. The molecule has 0 radical (unpaired) electrons. The quantitative estimate of drug-likeness (QED) is 0.598. The molecule has 0 atom stereocenters. The number of nitrogens with one attached hydrogen (secondary N) is 1. The Morgan fingerprint density at radius 1 is 0.969 bits per heavy atom. The normalized spacial score (nSPS) is 13.9. The number of anilines is 1. The topological polar surface area (TPSA) is 77.1 Å². The van der Waals surface area contributed by atoms with Crippen LogP contribution in [0, 0.1) is 13.8 Å². The molecule has 0 unspecified atom stereocenters. The Kier molecular flexibility index (Phi) is 7.20. The standard InChI is InChI=1S/C25H30N2O5/c1-15(2)32-12-11-27-24(28)22(19-9-7-16(3)13-17(19)4)23(25(27)29)26-20-10-8-18(30-5)14-21(20)31-6/h7-10,13-15,26H,11-12H2,1-6H3. The van der Waals surface area contributed by atoms with Gasteiger partial charge in [0.25, 0.3) is 11.8 Å². The maximum Gasteiger partial charge on any atom is 0.278 e. The first-order valence-electron chi connectivity index (χ1n) is 10.6. The maximum atomic E-state index is 13.4. The van der Waals surface area contributed by atoms with Crippen molar-refractivity contribution in [2.45, 2.75) is 33.8 Å². The van der Waals surface area contributed by atoms with Crippen LogP contribution in [0.25, 0.3) is 5.57 Å². The third kappa shape index (κ3) is 4.78. The molecule has 0 bridgehead atoms. The summed E-state index contributed by atoms with van der Waals surface area (Å²) in [6.45, 7) is 8.20. The van der Waals surface area contributed by atoms with Crippen LogP contribution in [0.3, 0.4) is 0 Å². The van der Waals surface area contributed by atoms with E-state index in [0.717, 1.165) is 16.7 Å². The lowest BCUT2D eigenvalue weighted by Crippen LogP contribution is -2.35. The van der Waals surface area contributed by atoms with E-state index in [9.17, 15) is 9.59 Å². The smallest absolute Gasteiger partial charge is 0.278 e. The Morgan fingerprint density at radius 2 is 1.72 bits per heavy atom. The van der Waals surface area contributed by atoms with Gasteiger partial charge in [-0.2, -0.15) is 0 Å². The Morgan fingerprint density at radius 3 is 2.34 bits per heavy atom. The number of rotatable bonds is 9. The van der Waals surface area contributed by atoms with Crippen molar-refractivity contribution in [1.29, 1.82) is 0 Å². The lowest BCUT2D eigenvalue weighted by atomic mass is 9.97. The lowest BCUT2D eigenvalue weighted by Gasteiger charge is -2.17. The fraction of sp³-hybridized carbons (Fsp3) is 0.360. The van der Waals surface area contributed by atoms with Crippen LogP contribution in [0.1, 0.15) is 30.5 Å². The van der Waals surface area contributed by atoms with Crippen molar-refractivity contribution in [3.63, 3.8) is 0 Å². The number of amides is 2. The molecule has 2 aromatic carbocycles. The first-order chi connectivity index (χ1) is 15.3. The number of imide groups is 1. The highest BCUT2D eigenvalue weighted by Gasteiger charge is 2.39. The summed E-state index contributed by atoms with van der Waals surface area (Å²) in [7, 11) is 3.11. The predicted octanol–water partition coefficient (Wildman–Crippen LogP) is 3.94. The molecule has 1 heterocycles. The minimum Gasteiger partial charge on any atom is -0.497 e. The molecule has 0 fully saturated rings. The van der Waals surface area contributed by atoms with E-state index < -0.39 is 5.91 Å². The van der Waals surface area contributed by atoms with Gasteiger partial charge in [-0.25, -0.2) is 0 Å². The summed E-state index contributed by atoms with van der Waals surface area (Å²) in [4.78, 5) is 28.0. The highest BCUT2D eigenvalue weighted by atomic mass is 16.5. The number of aryl methyl sites for hydroxylation is 2. The zero-order chi connectivity index (χ0) is 23.4. The zero-order valence-corrected chi connectivity index (χ0v) is 19.4. The van der Waals surface area contributed by atoms with Crippen LogP contribution in [0.15, 0.2) is 42.1 Å². The Labute approximate surface area is 189 Å². The molecular weight excluding hydrogens is 408 g/mol. The van der Waals surface area contributed by atoms with Crippen molar-refractivity contribution in [2.75, 3.05) is 32.7 Å². The van der Waals surface area contributed by atoms with E-state index in [1.54, 1.807) is 25.3 Å². The fourth-order valence-electron chi connectivity index (χ4n) is 3.66. The predicted molar refractivity (Wildman–Crippen MR) is 124 cm³/mol. The Balaban J connectivity index is 2.05. The zero-order valence-electron chi connectivity index (χ0n) is 19.4. The van der Waals surface area contributed by atoms with E-state index in [2.05, 4.69) is 5.32 Å². The van der Waals surface area contributed by atoms with Crippen molar-refractivity contribution >= 4 is 23.1 Å². The van der Waals surface area contributed by atoms with Gasteiger partial charge in [-0.05, 0) is 51.0 Å². The van der Waals surface area contributed by atoms with Crippen LogP contribution in [-0.2, 0) is 14.3 Å². The second-order valence-electron chi connectivity index (χ2n) is 7.94. The van der Waals surface area contributed by atoms with E-state index in [1.165, 1.54) is 12.0 Å². The number of ether oxygens (including phenoxy) is 3. The molecule has 0 aliphatic carbocycles. The highest BCUT2D eigenvalue weighted by Crippen LogP contribution is 2.36. The molecule has 7 nitrogen and oxygen atoms in total. The molecule has 170 valence electrons. The summed E-state index contributed by atoms with van der Waals surface area (Å²) in [5, 5.41) is 3.16. The number of benzene rings is 2. The van der Waals surface area contributed by atoms with Gasteiger partial charge in [-0.1, -0.05) is 23.8 Å². The van der Waals surface area contributed by atoms with Gasteiger partial charge in [0, 0.05) is 6.07 Å². The van der Waals surface area contributed by atoms with Crippen LogP contribution in [0.2, 0.25) is 0 Å². The van der Waals surface area contributed by atoms with Gasteiger partial charge < -0.3 is 19.5 Å². The molecule has 1 aliphatic rings. The van der Waals surface area contributed by atoms with Gasteiger partial charge in [0.05, 0.1) is 44.7 Å². The minimum atomic E-state index is -0.393. The Hall–Kier alpha value is -3.32. The molecule has 1 aliphatic heterocycles. The molecule has 1 N–H and O–H groups in total. The average Bonchev–Trinajstić information content (AvgIpc) is 2.98. The fourth-order valence-corrected chi connectivity index (χ4v) is 3.66. The van der Waals surface area contributed by atoms with Crippen molar-refractivity contribution in [2.24, 2.45) is 0 Å². The summed E-state index contributed by atoms with van der Waals surface area (Å²) >= 11 is 0. The number of carbonyl (C=O) groups excluding carboxylic acids is 2. The van der Waals surface area contributed by atoms with Gasteiger partial charge in [0.2, 0.25) is 0 Å². The molecule has 0 saturated carbocycles. The summed E-state index contributed by atoms with van der Waals surface area (Å²) in [5.41, 5.74) is 3.84. The molecular formula is C25H30N2O5. The van der Waals surface area contributed by atoms with Crippen LogP contribution in [0.4, 0.5) is 5.69 Å². The maximum absolute atomic E-state index is 13.4. The van der Waals surface area contributed by atoms with Crippen molar-refractivity contribution in [3.05, 3.63) is 58.8 Å². The monoisotopic (exact) mass is 438 g/mol. The largest absolute Gasteiger partial charge is 0.497 e. The van der Waals surface area contributed by atoms with Crippen LogP contribution < -0.4 is 14.8 Å². The molecule has 2 amide bonds. The number of carbonyl (C=O) groups is 2. The van der Waals surface area contributed by atoms with Crippen molar-refractivity contribution < 1.29 is 23.8 Å². The van der Waals surface area contributed by atoms with Gasteiger partial charge in [-0.15, -0.1) is 0 Å². The van der Waals surface area contributed by atoms with Gasteiger partial charge >= 0.3 is 0 Å². The number of nitrogens with zero attached hydrogens (tertiary/aromatic N) is 1. The molecule has 0 spiro atoms. The van der Waals surface area contributed by atoms with Crippen LogP contribution >= 0.6 is 0 Å². The molecule has 3 rings (SSSR count). The average molecular weight is 439 g/mol. The third-order valence-electron chi connectivity index (χ3n) is 5.25. The van der Waals surface area contributed by atoms with Gasteiger partial charge in [-0.3, -0.25) is 14.5 Å². The van der Waals surface area contributed by atoms with E-state index in [4.69, 9.17) is 14.2 Å². The van der Waals surface area contributed by atoms with Crippen molar-refractivity contribution in [1.82, 2.24) is 4.90 Å². The SMILES string of the molecule is COc1ccc(NC2=C(c3ccc(C)cc3C)C(=O)N(CCOC(C)C)C2=O)c(OC)c1. The molecule has 0 saturated heterocycles. The second-order valence-corrected chi connectivity index (χ2v) is 7.94. The summed E-state index contributed by atoms with van der Waals surface area (Å²) in [6, 6.07) is 11.0. The number of hydrogen-bond donors (Lipinski definition) is 1. The van der Waals surface area contributed by atoms with Gasteiger partial charge in [0.15, 0.2) is 0 Å².